The van der Waals surface area contributed by atoms with Crippen molar-refractivity contribution in [2.45, 2.75) is 33.1 Å². The Hall–Kier alpha value is -1.84. The van der Waals surface area contributed by atoms with Gasteiger partial charge < -0.3 is 10.4 Å². The lowest BCUT2D eigenvalue weighted by Crippen LogP contribution is -2.29. The number of carbonyl (C=O) groups excluding carboxylic acids is 1. The fraction of sp³-hybridized carbons (Fsp3) is 0.500. The molecule has 108 valence electrons. The monoisotopic (exact) mass is 275 g/mol. The predicted molar refractivity (Wildman–Crippen MR) is 77.5 cm³/mol. The summed E-state index contributed by atoms with van der Waals surface area (Å²) in [5.74, 6) is -1.73. The highest BCUT2D eigenvalue weighted by Gasteiger charge is 2.41. The van der Waals surface area contributed by atoms with Crippen molar-refractivity contribution in [3.8, 4) is 0 Å². The molecule has 0 spiro atoms. The Morgan fingerprint density at radius 3 is 2.35 bits per heavy atom. The van der Waals surface area contributed by atoms with Gasteiger partial charge in [-0.05, 0) is 42.9 Å². The van der Waals surface area contributed by atoms with Gasteiger partial charge in [-0.3, -0.25) is 9.59 Å². The largest absolute Gasteiger partial charge is 0.481 e. The SMILES string of the molecule is CCc1ccc(NC(=O)[C@H]2CC(C)C[C@H]2C(=O)O)cc1. The van der Waals surface area contributed by atoms with Crippen LogP contribution in [0.4, 0.5) is 5.69 Å². The second-order valence-electron chi connectivity index (χ2n) is 5.67. The summed E-state index contributed by atoms with van der Waals surface area (Å²) in [5.41, 5.74) is 1.94. The summed E-state index contributed by atoms with van der Waals surface area (Å²) in [6, 6.07) is 7.68. The number of benzene rings is 1. The van der Waals surface area contributed by atoms with Gasteiger partial charge in [-0.1, -0.05) is 26.0 Å². The van der Waals surface area contributed by atoms with E-state index >= 15 is 0 Å². The molecule has 0 aliphatic heterocycles. The van der Waals surface area contributed by atoms with Crippen molar-refractivity contribution in [3.63, 3.8) is 0 Å². The van der Waals surface area contributed by atoms with Crippen molar-refractivity contribution in [2.75, 3.05) is 5.32 Å². The van der Waals surface area contributed by atoms with Crippen LogP contribution >= 0.6 is 0 Å². The molecule has 1 aliphatic carbocycles. The van der Waals surface area contributed by atoms with Crippen LogP contribution in [0.1, 0.15) is 32.3 Å². The zero-order valence-electron chi connectivity index (χ0n) is 11.9. The molecule has 0 aromatic heterocycles. The third kappa shape index (κ3) is 3.18. The molecule has 1 aliphatic rings. The number of hydrogen-bond donors (Lipinski definition) is 2. The summed E-state index contributed by atoms with van der Waals surface area (Å²) >= 11 is 0. The molecule has 0 bridgehead atoms. The van der Waals surface area contributed by atoms with Crippen LogP contribution in [0.5, 0.6) is 0 Å². The molecule has 2 rings (SSSR count). The number of amides is 1. The molecule has 4 nitrogen and oxygen atoms in total. The number of carboxylic acid groups (broad SMARTS) is 1. The first-order valence-corrected chi connectivity index (χ1v) is 7.13. The van der Waals surface area contributed by atoms with Gasteiger partial charge in [0, 0.05) is 5.69 Å². The maximum Gasteiger partial charge on any atom is 0.307 e. The third-order valence-electron chi connectivity index (χ3n) is 4.08. The quantitative estimate of drug-likeness (QED) is 0.887. The number of rotatable bonds is 4. The van der Waals surface area contributed by atoms with Crippen LogP contribution in [0.3, 0.4) is 0 Å². The molecule has 1 amide bonds. The summed E-state index contributed by atoms with van der Waals surface area (Å²) in [6.07, 6.45) is 2.19. The van der Waals surface area contributed by atoms with Gasteiger partial charge in [0.15, 0.2) is 0 Å². The molecule has 1 saturated carbocycles. The van der Waals surface area contributed by atoms with Crippen molar-refractivity contribution >= 4 is 17.6 Å². The Morgan fingerprint density at radius 2 is 1.80 bits per heavy atom. The second-order valence-corrected chi connectivity index (χ2v) is 5.67. The van der Waals surface area contributed by atoms with Crippen LogP contribution in [0.2, 0.25) is 0 Å². The van der Waals surface area contributed by atoms with E-state index in [1.807, 2.05) is 31.2 Å². The molecule has 4 heteroatoms. The Morgan fingerprint density at radius 1 is 1.20 bits per heavy atom. The van der Waals surface area contributed by atoms with Crippen LogP contribution in [-0.2, 0) is 16.0 Å². The lowest BCUT2D eigenvalue weighted by molar-refractivity contribution is -0.145. The van der Waals surface area contributed by atoms with E-state index < -0.39 is 17.8 Å². The molecule has 1 unspecified atom stereocenters. The zero-order chi connectivity index (χ0) is 14.7. The predicted octanol–water partition coefficient (Wildman–Crippen LogP) is 2.93. The van der Waals surface area contributed by atoms with Gasteiger partial charge in [0.1, 0.15) is 0 Å². The number of aryl methyl sites for hydroxylation is 1. The van der Waals surface area contributed by atoms with E-state index in [9.17, 15) is 14.7 Å². The molecule has 0 radical (unpaired) electrons. The maximum absolute atomic E-state index is 12.3. The minimum absolute atomic E-state index is 0.175. The molecule has 1 aromatic carbocycles. The van der Waals surface area contributed by atoms with E-state index in [2.05, 4.69) is 12.2 Å². The number of hydrogen-bond acceptors (Lipinski definition) is 2. The Balaban J connectivity index is 2.04. The van der Waals surface area contributed by atoms with Gasteiger partial charge in [0.05, 0.1) is 11.8 Å². The highest BCUT2D eigenvalue weighted by atomic mass is 16.4. The molecular formula is C16H21NO3. The summed E-state index contributed by atoms with van der Waals surface area (Å²) in [6.45, 7) is 4.07. The summed E-state index contributed by atoms with van der Waals surface area (Å²) < 4.78 is 0. The van der Waals surface area contributed by atoms with E-state index in [0.717, 1.165) is 12.1 Å². The Bertz CT molecular complexity index is 495. The topological polar surface area (TPSA) is 66.4 Å². The van der Waals surface area contributed by atoms with Crippen molar-refractivity contribution in [1.82, 2.24) is 0 Å². The van der Waals surface area contributed by atoms with Crippen LogP contribution in [0, 0.1) is 17.8 Å². The number of carboxylic acids is 1. The molecule has 0 heterocycles. The number of carbonyl (C=O) groups is 2. The third-order valence-corrected chi connectivity index (χ3v) is 4.08. The number of aliphatic carboxylic acids is 1. The molecule has 3 atom stereocenters. The molecular weight excluding hydrogens is 254 g/mol. The van der Waals surface area contributed by atoms with E-state index in [1.54, 1.807) is 0 Å². The van der Waals surface area contributed by atoms with Crippen molar-refractivity contribution < 1.29 is 14.7 Å². The molecule has 1 fully saturated rings. The van der Waals surface area contributed by atoms with E-state index in [-0.39, 0.29) is 11.8 Å². The van der Waals surface area contributed by atoms with E-state index in [1.165, 1.54) is 5.56 Å². The molecule has 0 saturated heterocycles. The lowest BCUT2D eigenvalue weighted by Gasteiger charge is -2.15. The first kappa shape index (κ1) is 14.6. The lowest BCUT2D eigenvalue weighted by atomic mass is 9.95. The van der Waals surface area contributed by atoms with Gasteiger partial charge in [-0.15, -0.1) is 0 Å². The van der Waals surface area contributed by atoms with Gasteiger partial charge in [-0.25, -0.2) is 0 Å². The summed E-state index contributed by atoms with van der Waals surface area (Å²) in [5, 5.41) is 12.0. The summed E-state index contributed by atoms with van der Waals surface area (Å²) in [4.78, 5) is 23.5. The fourth-order valence-corrected chi connectivity index (χ4v) is 2.91. The number of nitrogens with one attached hydrogen (secondary N) is 1. The Labute approximate surface area is 119 Å². The van der Waals surface area contributed by atoms with E-state index in [0.29, 0.717) is 12.8 Å². The van der Waals surface area contributed by atoms with Crippen LogP contribution in [0.15, 0.2) is 24.3 Å². The van der Waals surface area contributed by atoms with Crippen LogP contribution in [0.25, 0.3) is 0 Å². The molecule has 1 aromatic rings. The van der Waals surface area contributed by atoms with E-state index in [4.69, 9.17) is 0 Å². The Kier molecular flexibility index (Phi) is 4.42. The average molecular weight is 275 g/mol. The van der Waals surface area contributed by atoms with Gasteiger partial charge in [0.25, 0.3) is 0 Å². The van der Waals surface area contributed by atoms with Gasteiger partial charge in [-0.2, -0.15) is 0 Å². The zero-order valence-corrected chi connectivity index (χ0v) is 11.9. The fourth-order valence-electron chi connectivity index (χ4n) is 2.91. The highest BCUT2D eigenvalue weighted by Crippen LogP contribution is 2.37. The van der Waals surface area contributed by atoms with Crippen molar-refractivity contribution in [3.05, 3.63) is 29.8 Å². The first-order chi connectivity index (χ1) is 9.51. The summed E-state index contributed by atoms with van der Waals surface area (Å²) in [7, 11) is 0. The van der Waals surface area contributed by atoms with Crippen molar-refractivity contribution in [2.24, 2.45) is 17.8 Å². The minimum Gasteiger partial charge on any atom is -0.481 e. The second kappa shape index (κ2) is 6.07. The number of anilines is 1. The first-order valence-electron chi connectivity index (χ1n) is 7.13. The average Bonchev–Trinajstić information content (AvgIpc) is 2.82. The van der Waals surface area contributed by atoms with Crippen LogP contribution < -0.4 is 5.32 Å². The van der Waals surface area contributed by atoms with Gasteiger partial charge >= 0.3 is 5.97 Å². The maximum atomic E-state index is 12.3. The van der Waals surface area contributed by atoms with Gasteiger partial charge in [0.2, 0.25) is 5.91 Å². The van der Waals surface area contributed by atoms with Crippen molar-refractivity contribution in [1.29, 1.82) is 0 Å². The molecule has 2 N–H and O–H groups in total. The normalized spacial score (nSPS) is 25.4. The van der Waals surface area contributed by atoms with Crippen LogP contribution in [-0.4, -0.2) is 17.0 Å². The highest BCUT2D eigenvalue weighted by molar-refractivity contribution is 5.95. The minimum atomic E-state index is -0.865. The molecule has 20 heavy (non-hydrogen) atoms. The standard InChI is InChI=1S/C16H21NO3/c1-3-11-4-6-12(7-5-11)17-15(18)13-8-10(2)9-14(13)16(19)20/h4-7,10,13-14H,3,8-9H2,1-2H3,(H,17,18)(H,19,20)/t10?,13-,14+/m0/s1. The smallest absolute Gasteiger partial charge is 0.307 e.